The van der Waals surface area contributed by atoms with Gasteiger partial charge in [0.2, 0.25) is 5.91 Å². The summed E-state index contributed by atoms with van der Waals surface area (Å²) in [5.41, 5.74) is 1.72. The van der Waals surface area contributed by atoms with Crippen LogP contribution in [0.5, 0.6) is 0 Å². The SMILES string of the molecule is COC(=O)CC[C@@H](NC(=O)c1cccc(CN(C(=O)CC(=O)OC)c2ccc(/C=C3\SC(=O)NC3=O)cc2)c1)C(=O)OC. The van der Waals surface area contributed by atoms with Gasteiger partial charge in [-0.25, -0.2) is 4.79 Å². The third-order valence-corrected chi connectivity index (χ3v) is 6.97. The molecule has 0 unspecified atom stereocenters. The lowest BCUT2D eigenvalue weighted by atomic mass is 10.1. The maximum Gasteiger partial charge on any atom is 0.328 e. The maximum absolute atomic E-state index is 13.1. The molecule has 13 nitrogen and oxygen atoms in total. The molecule has 2 aromatic carbocycles. The average Bonchev–Trinajstić information content (AvgIpc) is 3.33. The van der Waals surface area contributed by atoms with Crippen molar-refractivity contribution in [3.63, 3.8) is 0 Å². The van der Waals surface area contributed by atoms with E-state index in [9.17, 15) is 33.6 Å². The number of anilines is 1. The van der Waals surface area contributed by atoms with Gasteiger partial charge in [0.25, 0.3) is 17.1 Å². The molecule has 1 aliphatic heterocycles. The Hall–Kier alpha value is -4.98. The standard InChI is InChI=1S/C29H29N3O10S/c1-40-24(34)12-11-21(28(38)42-3)30-26(36)19-6-4-5-18(13-19)16-32(23(33)15-25(35)41-2)20-9-7-17(8-10-20)14-22-27(37)31-29(39)43-22/h4-10,13-14,21H,11-12,15-16H2,1-3H3,(H,30,36)(H,31,37,39)/b22-14-/t21-/m1/s1. The van der Waals surface area contributed by atoms with Crippen molar-refractivity contribution < 1.29 is 47.8 Å². The van der Waals surface area contributed by atoms with Crippen molar-refractivity contribution in [3.05, 3.63) is 70.1 Å². The summed E-state index contributed by atoms with van der Waals surface area (Å²) in [6.45, 7) is -0.0348. The first-order valence-electron chi connectivity index (χ1n) is 12.8. The first-order valence-corrected chi connectivity index (χ1v) is 13.6. The number of hydrogen-bond donors (Lipinski definition) is 2. The van der Waals surface area contributed by atoms with E-state index in [0.29, 0.717) is 16.8 Å². The van der Waals surface area contributed by atoms with Crippen LogP contribution in [0.25, 0.3) is 6.08 Å². The van der Waals surface area contributed by atoms with E-state index in [0.717, 1.165) is 18.9 Å². The molecule has 3 rings (SSSR count). The number of ether oxygens (including phenoxy) is 3. The van der Waals surface area contributed by atoms with Crippen molar-refractivity contribution in [1.82, 2.24) is 10.6 Å². The van der Waals surface area contributed by atoms with Gasteiger partial charge in [0.15, 0.2) is 0 Å². The van der Waals surface area contributed by atoms with E-state index in [1.165, 1.54) is 37.3 Å². The molecule has 0 radical (unpaired) electrons. The molecule has 43 heavy (non-hydrogen) atoms. The lowest BCUT2D eigenvalue weighted by Gasteiger charge is -2.23. The first-order chi connectivity index (χ1) is 20.5. The van der Waals surface area contributed by atoms with E-state index in [1.807, 2.05) is 0 Å². The van der Waals surface area contributed by atoms with Crippen LogP contribution in [-0.4, -0.2) is 68.2 Å². The van der Waals surface area contributed by atoms with Crippen molar-refractivity contribution in [3.8, 4) is 0 Å². The Morgan fingerprint density at radius 2 is 1.65 bits per heavy atom. The second-order valence-corrected chi connectivity index (χ2v) is 10.1. The van der Waals surface area contributed by atoms with Crippen molar-refractivity contribution >= 4 is 64.4 Å². The molecule has 226 valence electrons. The van der Waals surface area contributed by atoms with Crippen LogP contribution < -0.4 is 15.5 Å². The molecule has 2 N–H and O–H groups in total. The van der Waals surface area contributed by atoms with Gasteiger partial charge in [-0.2, -0.15) is 0 Å². The lowest BCUT2D eigenvalue weighted by molar-refractivity contribution is -0.145. The van der Waals surface area contributed by atoms with Crippen molar-refractivity contribution in [1.29, 1.82) is 0 Å². The van der Waals surface area contributed by atoms with Gasteiger partial charge in [-0.1, -0.05) is 24.3 Å². The first kappa shape index (κ1) is 32.5. The van der Waals surface area contributed by atoms with Gasteiger partial charge in [0, 0.05) is 17.7 Å². The molecular weight excluding hydrogens is 582 g/mol. The number of carbonyl (C=O) groups excluding carboxylic acids is 7. The molecule has 14 heteroatoms. The summed E-state index contributed by atoms with van der Waals surface area (Å²) >= 11 is 0.776. The van der Waals surface area contributed by atoms with Crippen LogP contribution in [0.15, 0.2) is 53.4 Å². The predicted molar refractivity (Wildman–Crippen MR) is 154 cm³/mol. The van der Waals surface area contributed by atoms with Gasteiger partial charge in [-0.05, 0) is 59.7 Å². The minimum Gasteiger partial charge on any atom is -0.469 e. The zero-order valence-corrected chi connectivity index (χ0v) is 24.4. The Kier molecular flexibility index (Phi) is 11.6. The van der Waals surface area contributed by atoms with E-state index in [4.69, 9.17) is 4.74 Å². The third-order valence-electron chi connectivity index (χ3n) is 6.15. The fourth-order valence-electron chi connectivity index (χ4n) is 3.93. The number of methoxy groups -OCH3 is 3. The quantitative estimate of drug-likeness (QED) is 0.156. The van der Waals surface area contributed by atoms with Crippen LogP contribution in [0.4, 0.5) is 10.5 Å². The normalized spacial score (nSPS) is 14.0. The maximum atomic E-state index is 13.1. The van der Waals surface area contributed by atoms with E-state index in [2.05, 4.69) is 20.1 Å². The van der Waals surface area contributed by atoms with E-state index >= 15 is 0 Å². The lowest BCUT2D eigenvalue weighted by Crippen LogP contribution is -2.42. The highest BCUT2D eigenvalue weighted by Crippen LogP contribution is 2.27. The molecule has 1 heterocycles. The number of carbonyl (C=O) groups is 7. The van der Waals surface area contributed by atoms with Gasteiger partial charge in [0.1, 0.15) is 12.5 Å². The van der Waals surface area contributed by atoms with Crippen LogP contribution in [0.3, 0.4) is 0 Å². The molecule has 0 aromatic heterocycles. The molecule has 1 saturated heterocycles. The number of benzene rings is 2. The minimum absolute atomic E-state index is 0.0348. The summed E-state index contributed by atoms with van der Waals surface area (Å²) in [6, 6.07) is 11.7. The highest BCUT2D eigenvalue weighted by molar-refractivity contribution is 8.18. The number of rotatable bonds is 12. The van der Waals surface area contributed by atoms with Crippen molar-refractivity contribution in [2.75, 3.05) is 26.2 Å². The Labute approximate surface area is 250 Å². The van der Waals surface area contributed by atoms with Crippen LogP contribution >= 0.6 is 11.8 Å². The topological polar surface area (TPSA) is 174 Å². The average molecular weight is 612 g/mol. The van der Waals surface area contributed by atoms with Gasteiger partial charge >= 0.3 is 17.9 Å². The largest absolute Gasteiger partial charge is 0.469 e. The Morgan fingerprint density at radius 3 is 2.26 bits per heavy atom. The number of amides is 4. The number of imide groups is 1. The smallest absolute Gasteiger partial charge is 0.328 e. The molecular formula is C29H29N3O10S. The second-order valence-electron chi connectivity index (χ2n) is 9.04. The van der Waals surface area contributed by atoms with Crippen LogP contribution in [0.1, 0.15) is 40.7 Å². The molecule has 0 spiro atoms. The summed E-state index contributed by atoms with van der Waals surface area (Å²) in [5.74, 6) is -3.70. The zero-order chi connectivity index (χ0) is 31.5. The van der Waals surface area contributed by atoms with Crippen LogP contribution in [-0.2, 0) is 44.7 Å². The number of esters is 3. The van der Waals surface area contributed by atoms with Gasteiger partial charge in [0.05, 0.1) is 32.8 Å². The monoisotopic (exact) mass is 611 g/mol. The molecule has 1 fully saturated rings. The third kappa shape index (κ3) is 9.26. The van der Waals surface area contributed by atoms with Crippen LogP contribution in [0.2, 0.25) is 0 Å². The van der Waals surface area contributed by atoms with Gasteiger partial charge in [-0.15, -0.1) is 0 Å². The zero-order valence-electron chi connectivity index (χ0n) is 23.5. The van der Waals surface area contributed by atoms with Gasteiger partial charge < -0.3 is 24.4 Å². The fourth-order valence-corrected chi connectivity index (χ4v) is 4.61. The summed E-state index contributed by atoms with van der Waals surface area (Å²) in [7, 11) is 3.54. The fraction of sp³-hybridized carbons (Fsp3) is 0.276. The molecule has 2 aromatic rings. The summed E-state index contributed by atoms with van der Waals surface area (Å²) < 4.78 is 14.0. The summed E-state index contributed by atoms with van der Waals surface area (Å²) in [4.78, 5) is 86.6. The molecule has 0 saturated carbocycles. The molecule has 1 aliphatic rings. The van der Waals surface area contributed by atoms with Crippen molar-refractivity contribution in [2.24, 2.45) is 0 Å². The summed E-state index contributed by atoms with van der Waals surface area (Å²) in [5, 5.41) is 4.26. The Balaban J connectivity index is 1.83. The number of nitrogens with zero attached hydrogens (tertiary/aromatic N) is 1. The van der Waals surface area contributed by atoms with Crippen molar-refractivity contribution in [2.45, 2.75) is 31.8 Å². The summed E-state index contributed by atoms with van der Waals surface area (Å²) in [6.07, 6.45) is 0.841. The van der Waals surface area contributed by atoms with Crippen LogP contribution in [0, 0.1) is 0 Å². The Bertz CT molecular complexity index is 1450. The van der Waals surface area contributed by atoms with E-state index in [1.54, 1.807) is 36.4 Å². The number of thioether (sulfide) groups is 1. The highest BCUT2D eigenvalue weighted by atomic mass is 32.2. The highest BCUT2D eigenvalue weighted by Gasteiger charge is 2.26. The van der Waals surface area contributed by atoms with E-state index in [-0.39, 0.29) is 29.9 Å². The van der Waals surface area contributed by atoms with Gasteiger partial charge in [-0.3, -0.25) is 34.1 Å². The van der Waals surface area contributed by atoms with E-state index < -0.39 is 53.3 Å². The molecule has 0 aliphatic carbocycles. The number of hydrogen-bond acceptors (Lipinski definition) is 11. The minimum atomic E-state index is -1.10. The molecule has 4 amide bonds. The number of nitrogens with one attached hydrogen (secondary N) is 2. The predicted octanol–water partition coefficient (Wildman–Crippen LogP) is 2.33. The molecule has 0 bridgehead atoms. The second kappa shape index (κ2) is 15.3. The molecule has 1 atom stereocenters. The Morgan fingerprint density at radius 1 is 0.953 bits per heavy atom.